The highest BCUT2D eigenvalue weighted by Gasteiger charge is 2.36. The van der Waals surface area contributed by atoms with Crippen LogP contribution >= 0.6 is 0 Å². The first-order valence-corrected chi connectivity index (χ1v) is 12.2. The molecule has 3 aromatic rings. The van der Waals surface area contributed by atoms with E-state index in [0.717, 1.165) is 42.9 Å². The third kappa shape index (κ3) is 7.65. The number of nitrogens with zero attached hydrogens (tertiary/aromatic N) is 1. The number of likely N-dealkylation sites (tertiary alicyclic amines) is 1. The van der Waals surface area contributed by atoms with E-state index in [0.29, 0.717) is 19.8 Å². The number of rotatable bonds is 12. The Labute approximate surface area is 208 Å². The van der Waals surface area contributed by atoms with Crippen LogP contribution < -0.4 is 15.4 Å². The summed E-state index contributed by atoms with van der Waals surface area (Å²) < 4.78 is 11.1. The highest BCUT2D eigenvalue weighted by atomic mass is 16.5. The molecule has 0 saturated carbocycles. The van der Waals surface area contributed by atoms with Crippen molar-refractivity contribution in [3.63, 3.8) is 0 Å². The first-order chi connectivity index (χ1) is 17.2. The van der Waals surface area contributed by atoms with Gasteiger partial charge in [-0.15, -0.1) is 0 Å². The minimum absolute atomic E-state index is 0.0681. The summed E-state index contributed by atoms with van der Waals surface area (Å²) in [6, 6.07) is 28.8. The number of carbonyl (C=O) groups is 1. The van der Waals surface area contributed by atoms with Gasteiger partial charge in [-0.05, 0) is 35.2 Å². The van der Waals surface area contributed by atoms with Crippen LogP contribution in [-0.4, -0.2) is 49.7 Å². The summed E-state index contributed by atoms with van der Waals surface area (Å²) in [6.45, 7) is 3.89. The van der Waals surface area contributed by atoms with Crippen molar-refractivity contribution in [1.82, 2.24) is 15.5 Å². The predicted molar refractivity (Wildman–Crippen MR) is 138 cm³/mol. The van der Waals surface area contributed by atoms with Gasteiger partial charge in [0.2, 0.25) is 5.91 Å². The fourth-order valence-corrected chi connectivity index (χ4v) is 4.46. The number of carbonyl (C=O) groups excluding carboxylic acids is 1. The lowest BCUT2D eigenvalue weighted by Crippen LogP contribution is -2.43. The Morgan fingerprint density at radius 3 is 2.40 bits per heavy atom. The lowest BCUT2D eigenvalue weighted by Gasteiger charge is -2.23. The molecule has 4 rings (SSSR count). The molecular weight excluding hydrogens is 438 g/mol. The van der Waals surface area contributed by atoms with Crippen LogP contribution in [0.3, 0.4) is 0 Å². The van der Waals surface area contributed by atoms with Crippen LogP contribution in [-0.2, 0) is 29.2 Å². The Hall–Kier alpha value is -3.19. The molecule has 1 amide bonds. The Bertz CT molecular complexity index is 1050. The smallest absolute Gasteiger partial charge is 0.237 e. The normalized spacial score (nSPS) is 17.9. The van der Waals surface area contributed by atoms with Gasteiger partial charge < -0.3 is 20.1 Å². The Kier molecular flexibility index (Phi) is 9.29. The molecule has 0 spiro atoms. The first-order valence-electron chi connectivity index (χ1n) is 12.2. The number of benzene rings is 3. The predicted octanol–water partition coefficient (Wildman–Crippen LogP) is 3.76. The van der Waals surface area contributed by atoms with Crippen LogP contribution in [0.1, 0.15) is 23.1 Å². The van der Waals surface area contributed by atoms with Crippen molar-refractivity contribution >= 4 is 5.91 Å². The largest absolute Gasteiger partial charge is 0.489 e. The molecule has 0 aliphatic carbocycles. The summed E-state index contributed by atoms with van der Waals surface area (Å²) >= 11 is 0. The lowest BCUT2D eigenvalue weighted by atomic mass is 10.1. The molecule has 1 heterocycles. The molecule has 6 heteroatoms. The van der Waals surface area contributed by atoms with E-state index < -0.39 is 0 Å². The molecule has 0 unspecified atom stereocenters. The van der Waals surface area contributed by atoms with E-state index in [2.05, 4.69) is 51.9 Å². The maximum absolute atomic E-state index is 12.9. The van der Waals surface area contributed by atoms with Crippen molar-refractivity contribution in [2.24, 2.45) is 0 Å². The Morgan fingerprint density at radius 2 is 1.66 bits per heavy atom. The molecule has 6 nitrogen and oxygen atoms in total. The van der Waals surface area contributed by atoms with Gasteiger partial charge in [0.25, 0.3) is 0 Å². The summed E-state index contributed by atoms with van der Waals surface area (Å²) in [5, 5.41) is 6.69. The van der Waals surface area contributed by atoms with Gasteiger partial charge in [0, 0.05) is 39.3 Å². The molecule has 1 fully saturated rings. The minimum Gasteiger partial charge on any atom is -0.489 e. The number of ether oxygens (including phenoxy) is 2. The average molecular weight is 474 g/mol. The number of methoxy groups -OCH3 is 1. The average Bonchev–Trinajstić information content (AvgIpc) is 3.30. The second-order valence-corrected chi connectivity index (χ2v) is 8.95. The molecule has 2 N–H and O–H groups in total. The van der Waals surface area contributed by atoms with Crippen LogP contribution in [0.4, 0.5) is 0 Å². The summed E-state index contributed by atoms with van der Waals surface area (Å²) in [5.41, 5.74) is 3.53. The minimum atomic E-state index is -0.162. The summed E-state index contributed by atoms with van der Waals surface area (Å²) in [6.07, 6.45) is 0.774. The van der Waals surface area contributed by atoms with Gasteiger partial charge in [-0.25, -0.2) is 0 Å². The van der Waals surface area contributed by atoms with E-state index in [4.69, 9.17) is 9.47 Å². The van der Waals surface area contributed by atoms with E-state index in [1.807, 2.05) is 48.5 Å². The SMILES string of the molecule is COCCNC(=O)[C@@H]1C[C@H](NCc2cccc(OCc3ccccc3)c2)CN1Cc1ccccc1. The van der Waals surface area contributed by atoms with Crippen molar-refractivity contribution < 1.29 is 14.3 Å². The summed E-state index contributed by atoms with van der Waals surface area (Å²) in [5.74, 6) is 0.930. The molecule has 3 aromatic carbocycles. The first kappa shape index (κ1) is 24.9. The maximum atomic E-state index is 12.9. The molecule has 1 aliphatic rings. The highest BCUT2D eigenvalue weighted by molar-refractivity contribution is 5.82. The molecule has 2 atom stereocenters. The zero-order valence-electron chi connectivity index (χ0n) is 20.4. The van der Waals surface area contributed by atoms with Gasteiger partial charge in [0.05, 0.1) is 12.6 Å². The fourth-order valence-electron chi connectivity index (χ4n) is 4.46. The molecular formula is C29H35N3O3. The Morgan fingerprint density at radius 1 is 0.943 bits per heavy atom. The van der Waals surface area contributed by atoms with Crippen molar-refractivity contribution in [3.05, 3.63) is 102 Å². The third-order valence-electron chi connectivity index (χ3n) is 6.28. The standard InChI is InChI=1S/C29H35N3O3/c1-34-16-15-30-29(33)28-18-26(21-32(28)20-23-9-4-2-5-10-23)31-19-25-13-8-14-27(17-25)35-22-24-11-6-3-7-12-24/h2-14,17,26,28,31H,15-16,18-22H2,1H3,(H,30,33)/t26-,28-/m0/s1. The fraction of sp³-hybridized carbons (Fsp3) is 0.345. The van der Waals surface area contributed by atoms with Crippen LogP contribution in [0.25, 0.3) is 0 Å². The third-order valence-corrected chi connectivity index (χ3v) is 6.28. The number of nitrogens with one attached hydrogen (secondary N) is 2. The highest BCUT2D eigenvalue weighted by Crippen LogP contribution is 2.22. The van der Waals surface area contributed by atoms with E-state index >= 15 is 0 Å². The topological polar surface area (TPSA) is 62.8 Å². The van der Waals surface area contributed by atoms with Crippen LogP contribution in [0.15, 0.2) is 84.9 Å². The molecule has 184 valence electrons. The van der Waals surface area contributed by atoms with E-state index in [1.165, 1.54) is 5.56 Å². The van der Waals surface area contributed by atoms with E-state index in [-0.39, 0.29) is 18.0 Å². The van der Waals surface area contributed by atoms with Crippen LogP contribution in [0, 0.1) is 0 Å². The van der Waals surface area contributed by atoms with Gasteiger partial charge in [0.1, 0.15) is 12.4 Å². The number of hydrogen-bond donors (Lipinski definition) is 2. The molecule has 1 aliphatic heterocycles. The second-order valence-electron chi connectivity index (χ2n) is 8.95. The molecule has 35 heavy (non-hydrogen) atoms. The van der Waals surface area contributed by atoms with E-state index in [9.17, 15) is 4.79 Å². The van der Waals surface area contributed by atoms with Gasteiger partial charge in [-0.1, -0.05) is 72.8 Å². The molecule has 0 aromatic heterocycles. The molecule has 1 saturated heterocycles. The van der Waals surface area contributed by atoms with Gasteiger partial charge in [-0.3, -0.25) is 9.69 Å². The van der Waals surface area contributed by atoms with E-state index in [1.54, 1.807) is 7.11 Å². The number of amides is 1. The lowest BCUT2D eigenvalue weighted by molar-refractivity contribution is -0.125. The zero-order valence-corrected chi connectivity index (χ0v) is 20.4. The Balaban J connectivity index is 1.33. The van der Waals surface area contributed by atoms with Gasteiger partial charge in [0.15, 0.2) is 0 Å². The van der Waals surface area contributed by atoms with Crippen LogP contribution in [0.2, 0.25) is 0 Å². The maximum Gasteiger partial charge on any atom is 0.237 e. The van der Waals surface area contributed by atoms with Crippen molar-refractivity contribution in [2.45, 2.75) is 38.2 Å². The second kappa shape index (κ2) is 13.0. The van der Waals surface area contributed by atoms with Crippen LogP contribution in [0.5, 0.6) is 5.75 Å². The zero-order chi connectivity index (χ0) is 24.3. The van der Waals surface area contributed by atoms with Gasteiger partial charge >= 0.3 is 0 Å². The molecule has 0 radical (unpaired) electrons. The van der Waals surface area contributed by atoms with Crippen molar-refractivity contribution in [1.29, 1.82) is 0 Å². The number of hydrogen-bond acceptors (Lipinski definition) is 5. The van der Waals surface area contributed by atoms with Gasteiger partial charge in [-0.2, -0.15) is 0 Å². The summed E-state index contributed by atoms with van der Waals surface area (Å²) in [4.78, 5) is 15.2. The quantitative estimate of drug-likeness (QED) is 0.392. The summed E-state index contributed by atoms with van der Waals surface area (Å²) in [7, 11) is 1.64. The van der Waals surface area contributed by atoms with Crippen molar-refractivity contribution in [2.75, 3.05) is 26.8 Å². The molecule has 0 bridgehead atoms. The monoisotopic (exact) mass is 473 g/mol. The van der Waals surface area contributed by atoms with Crippen molar-refractivity contribution in [3.8, 4) is 5.75 Å².